The van der Waals surface area contributed by atoms with Crippen molar-refractivity contribution in [2.75, 3.05) is 31.6 Å². The summed E-state index contributed by atoms with van der Waals surface area (Å²) in [5.41, 5.74) is 0.844. The molecule has 1 aromatic rings. The Kier molecular flexibility index (Phi) is 5.60. The van der Waals surface area contributed by atoms with E-state index in [2.05, 4.69) is 10.2 Å². The van der Waals surface area contributed by atoms with Crippen LogP contribution in [0.3, 0.4) is 0 Å². The van der Waals surface area contributed by atoms with Crippen LogP contribution in [0.4, 0.5) is 14.9 Å². The summed E-state index contributed by atoms with van der Waals surface area (Å²) in [4.78, 5) is 15.7. The lowest BCUT2D eigenvalue weighted by molar-refractivity contribution is 0.154. The third-order valence-corrected chi connectivity index (χ3v) is 4.17. The minimum Gasteiger partial charge on any atom is -0.394 e. The van der Waals surface area contributed by atoms with Gasteiger partial charge in [0.15, 0.2) is 0 Å². The van der Waals surface area contributed by atoms with Crippen molar-refractivity contribution in [3.8, 4) is 0 Å². The fraction of sp³-hybridized carbons (Fsp3) is 0.562. The highest BCUT2D eigenvalue weighted by Crippen LogP contribution is 2.20. The Bertz CT molecular complexity index is 512. The zero-order valence-corrected chi connectivity index (χ0v) is 13.1. The van der Waals surface area contributed by atoms with Crippen molar-refractivity contribution in [2.24, 2.45) is 0 Å². The number of aliphatic hydroxyl groups is 1. The number of piperidine rings is 1. The molecule has 0 aromatic heterocycles. The van der Waals surface area contributed by atoms with Gasteiger partial charge in [-0.2, -0.15) is 0 Å². The number of halogens is 1. The van der Waals surface area contributed by atoms with E-state index >= 15 is 0 Å². The van der Waals surface area contributed by atoms with Crippen LogP contribution >= 0.6 is 0 Å². The standard InChI is InChI=1S/C16H24FN3O2/c1-12(11-21)19(2)16(22)18-14-6-4-8-20(10-14)15-7-3-5-13(17)9-15/h3,5,7,9,12,14,21H,4,6,8,10-11H2,1-2H3,(H,18,22). The van der Waals surface area contributed by atoms with E-state index in [1.807, 2.05) is 6.07 Å². The Balaban J connectivity index is 1.95. The Morgan fingerprint density at radius 1 is 1.59 bits per heavy atom. The molecule has 1 aromatic carbocycles. The molecule has 1 aliphatic heterocycles. The summed E-state index contributed by atoms with van der Waals surface area (Å²) in [6, 6.07) is 6.15. The van der Waals surface area contributed by atoms with Gasteiger partial charge in [0.25, 0.3) is 0 Å². The molecule has 22 heavy (non-hydrogen) atoms. The Morgan fingerprint density at radius 2 is 2.36 bits per heavy atom. The topological polar surface area (TPSA) is 55.8 Å². The van der Waals surface area contributed by atoms with Crippen molar-refractivity contribution >= 4 is 11.7 Å². The van der Waals surface area contributed by atoms with E-state index < -0.39 is 0 Å². The molecule has 1 saturated heterocycles. The third kappa shape index (κ3) is 4.10. The first-order valence-corrected chi connectivity index (χ1v) is 7.66. The SMILES string of the molecule is CC(CO)N(C)C(=O)NC1CCCN(c2cccc(F)c2)C1. The average Bonchev–Trinajstić information content (AvgIpc) is 2.53. The second-order valence-electron chi connectivity index (χ2n) is 5.86. The molecule has 5 nitrogen and oxygen atoms in total. The van der Waals surface area contributed by atoms with Gasteiger partial charge in [0, 0.05) is 31.9 Å². The fourth-order valence-electron chi connectivity index (χ4n) is 2.60. The van der Waals surface area contributed by atoms with Crippen LogP contribution in [0.15, 0.2) is 24.3 Å². The van der Waals surface area contributed by atoms with Crippen molar-refractivity contribution in [2.45, 2.75) is 31.8 Å². The number of hydrogen-bond donors (Lipinski definition) is 2. The van der Waals surface area contributed by atoms with Crippen molar-refractivity contribution in [3.63, 3.8) is 0 Å². The van der Waals surface area contributed by atoms with Crippen molar-refractivity contribution in [1.82, 2.24) is 10.2 Å². The van der Waals surface area contributed by atoms with Crippen LogP contribution in [0, 0.1) is 5.82 Å². The minimum atomic E-state index is -0.250. The van der Waals surface area contributed by atoms with E-state index in [1.165, 1.54) is 17.0 Å². The Morgan fingerprint density at radius 3 is 3.05 bits per heavy atom. The lowest BCUT2D eigenvalue weighted by Crippen LogP contribution is -2.52. The molecule has 0 radical (unpaired) electrons. The normalized spacial score (nSPS) is 19.6. The van der Waals surface area contributed by atoms with Gasteiger partial charge in [-0.25, -0.2) is 9.18 Å². The van der Waals surface area contributed by atoms with Crippen LogP contribution in [0.2, 0.25) is 0 Å². The molecular weight excluding hydrogens is 285 g/mol. The molecule has 122 valence electrons. The van der Waals surface area contributed by atoms with Gasteiger partial charge in [0.1, 0.15) is 5.82 Å². The maximum atomic E-state index is 13.3. The molecule has 2 N–H and O–H groups in total. The molecule has 6 heteroatoms. The average molecular weight is 309 g/mol. The van der Waals surface area contributed by atoms with Crippen molar-refractivity contribution in [1.29, 1.82) is 0 Å². The molecule has 2 rings (SSSR count). The van der Waals surface area contributed by atoms with Crippen LogP contribution in [-0.2, 0) is 0 Å². The quantitative estimate of drug-likeness (QED) is 0.892. The van der Waals surface area contributed by atoms with Crippen molar-refractivity contribution in [3.05, 3.63) is 30.1 Å². The van der Waals surface area contributed by atoms with Gasteiger partial charge in [-0.3, -0.25) is 0 Å². The predicted octanol–water partition coefficient (Wildman–Crippen LogP) is 1.82. The number of nitrogens with zero attached hydrogens (tertiary/aromatic N) is 2. The van der Waals surface area contributed by atoms with Gasteiger partial charge in [-0.05, 0) is 38.0 Å². The van der Waals surface area contributed by atoms with Gasteiger partial charge >= 0.3 is 6.03 Å². The van der Waals surface area contributed by atoms with Crippen LogP contribution in [0.1, 0.15) is 19.8 Å². The lowest BCUT2D eigenvalue weighted by atomic mass is 10.0. The number of rotatable bonds is 4. The highest BCUT2D eigenvalue weighted by molar-refractivity contribution is 5.74. The van der Waals surface area contributed by atoms with E-state index in [0.717, 1.165) is 25.1 Å². The minimum absolute atomic E-state index is 0.0258. The zero-order chi connectivity index (χ0) is 16.1. The van der Waals surface area contributed by atoms with E-state index in [0.29, 0.717) is 6.54 Å². The predicted molar refractivity (Wildman–Crippen MR) is 84.5 cm³/mol. The smallest absolute Gasteiger partial charge is 0.317 e. The first kappa shape index (κ1) is 16.5. The number of amides is 2. The number of hydrogen-bond acceptors (Lipinski definition) is 3. The first-order valence-electron chi connectivity index (χ1n) is 7.66. The monoisotopic (exact) mass is 309 g/mol. The summed E-state index contributed by atoms with van der Waals surface area (Å²) < 4.78 is 13.3. The molecule has 2 amide bonds. The third-order valence-electron chi connectivity index (χ3n) is 4.17. The summed E-state index contributed by atoms with van der Waals surface area (Å²) in [5, 5.41) is 12.1. The van der Waals surface area contributed by atoms with E-state index in [-0.39, 0.29) is 30.5 Å². The van der Waals surface area contributed by atoms with Crippen molar-refractivity contribution < 1.29 is 14.3 Å². The van der Waals surface area contributed by atoms with E-state index in [1.54, 1.807) is 20.0 Å². The highest BCUT2D eigenvalue weighted by atomic mass is 19.1. The Hall–Kier alpha value is -1.82. The highest BCUT2D eigenvalue weighted by Gasteiger charge is 2.24. The summed E-state index contributed by atoms with van der Waals surface area (Å²) in [6.07, 6.45) is 1.85. The van der Waals surface area contributed by atoms with Gasteiger partial charge in [0.2, 0.25) is 0 Å². The maximum absolute atomic E-state index is 13.3. The number of benzene rings is 1. The number of carbonyl (C=O) groups is 1. The largest absolute Gasteiger partial charge is 0.394 e. The molecular formula is C16H24FN3O2. The summed E-state index contributed by atoms with van der Waals surface area (Å²) in [5.74, 6) is -0.250. The van der Waals surface area contributed by atoms with Crippen LogP contribution < -0.4 is 10.2 Å². The second kappa shape index (κ2) is 7.45. The fourth-order valence-corrected chi connectivity index (χ4v) is 2.60. The molecule has 0 saturated carbocycles. The summed E-state index contributed by atoms with van der Waals surface area (Å²) >= 11 is 0. The molecule has 0 aliphatic carbocycles. The van der Waals surface area contributed by atoms with E-state index in [4.69, 9.17) is 5.11 Å². The maximum Gasteiger partial charge on any atom is 0.317 e. The van der Waals surface area contributed by atoms with Crippen LogP contribution in [-0.4, -0.2) is 54.9 Å². The number of nitrogens with one attached hydrogen (secondary N) is 1. The molecule has 1 heterocycles. The molecule has 2 unspecified atom stereocenters. The number of aliphatic hydroxyl groups excluding tert-OH is 1. The van der Waals surface area contributed by atoms with Gasteiger partial charge in [0.05, 0.1) is 12.6 Å². The van der Waals surface area contributed by atoms with Gasteiger partial charge in [-0.15, -0.1) is 0 Å². The Labute approximate surface area is 130 Å². The molecule has 2 atom stereocenters. The first-order chi connectivity index (χ1) is 10.5. The molecule has 0 spiro atoms. The van der Waals surface area contributed by atoms with Crippen LogP contribution in [0.25, 0.3) is 0 Å². The molecule has 1 fully saturated rings. The zero-order valence-electron chi connectivity index (χ0n) is 13.1. The van der Waals surface area contributed by atoms with Crippen LogP contribution in [0.5, 0.6) is 0 Å². The molecule has 1 aliphatic rings. The molecule has 0 bridgehead atoms. The number of likely N-dealkylation sites (N-methyl/N-ethyl adjacent to an activating group) is 1. The van der Waals surface area contributed by atoms with Gasteiger partial charge < -0.3 is 20.2 Å². The summed E-state index contributed by atoms with van der Waals surface area (Å²) in [7, 11) is 1.67. The number of anilines is 1. The lowest BCUT2D eigenvalue weighted by Gasteiger charge is -2.36. The number of urea groups is 1. The number of carbonyl (C=O) groups excluding carboxylic acids is 1. The summed E-state index contributed by atoms with van der Waals surface area (Å²) in [6.45, 7) is 3.25. The van der Waals surface area contributed by atoms with Gasteiger partial charge in [-0.1, -0.05) is 6.07 Å². The van der Waals surface area contributed by atoms with E-state index in [9.17, 15) is 9.18 Å². The second-order valence-corrected chi connectivity index (χ2v) is 5.86.